The zero-order valence-electron chi connectivity index (χ0n) is 19.0. The molecule has 6 nitrogen and oxygen atoms in total. The lowest BCUT2D eigenvalue weighted by molar-refractivity contribution is -0.135. The van der Waals surface area contributed by atoms with Gasteiger partial charge in [-0.1, -0.05) is 45.1 Å². The Labute approximate surface area is 183 Å². The van der Waals surface area contributed by atoms with Crippen LogP contribution < -0.4 is 0 Å². The summed E-state index contributed by atoms with van der Waals surface area (Å²) in [5.41, 5.74) is 4.18. The molecule has 2 aliphatic rings. The molecule has 2 atom stereocenters. The van der Waals surface area contributed by atoms with E-state index < -0.39 is 0 Å². The van der Waals surface area contributed by atoms with Crippen molar-refractivity contribution in [3.63, 3.8) is 0 Å². The molecular formula is C25H30N4O2. The van der Waals surface area contributed by atoms with Crippen LogP contribution in [-0.4, -0.2) is 31.8 Å². The van der Waals surface area contributed by atoms with Crippen molar-refractivity contribution in [3.05, 3.63) is 53.7 Å². The highest BCUT2D eigenvalue weighted by molar-refractivity contribution is 6.02. The first-order valence-corrected chi connectivity index (χ1v) is 10.8. The summed E-state index contributed by atoms with van der Waals surface area (Å²) in [7, 11) is 0. The molecule has 2 unspecified atom stereocenters. The summed E-state index contributed by atoms with van der Waals surface area (Å²) in [5.74, 6) is 1.38. The predicted molar refractivity (Wildman–Crippen MR) is 122 cm³/mol. The summed E-state index contributed by atoms with van der Waals surface area (Å²) in [5, 5.41) is 0.885. The molecule has 1 saturated carbocycles. The molecule has 0 saturated heterocycles. The fraction of sp³-hybridized carbons (Fsp3) is 0.440. The van der Waals surface area contributed by atoms with E-state index in [4.69, 9.17) is 4.98 Å². The van der Waals surface area contributed by atoms with Crippen molar-refractivity contribution in [2.24, 2.45) is 17.3 Å². The number of fused-ring (bicyclic) bond motifs is 2. The number of carbonyl (C=O) groups excluding carboxylic acids is 2. The zero-order chi connectivity index (χ0) is 22.5. The molecule has 2 amide bonds. The van der Waals surface area contributed by atoms with Gasteiger partial charge in [0, 0.05) is 29.4 Å². The summed E-state index contributed by atoms with van der Waals surface area (Å²) in [6.45, 7) is 15.2. The van der Waals surface area contributed by atoms with Crippen LogP contribution in [0, 0.1) is 17.3 Å². The van der Waals surface area contributed by atoms with Crippen LogP contribution in [0.1, 0.15) is 52.6 Å². The van der Waals surface area contributed by atoms with E-state index in [-0.39, 0.29) is 17.9 Å². The van der Waals surface area contributed by atoms with E-state index in [9.17, 15) is 9.59 Å². The average molecular weight is 419 g/mol. The molecular weight excluding hydrogens is 388 g/mol. The van der Waals surface area contributed by atoms with Gasteiger partial charge >= 0.3 is 0 Å². The molecule has 0 radical (unpaired) electrons. The largest absolute Gasteiger partial charge is 0.327 e. The molecule has 0 aliphatic heterocycles. The Balaban J connectivity index is 1.72. The minimum atomic E-state index is -0.240. The number of imide groups is 1. The minimum absolute atomic E-state index is 0.0166. The SMILES string of the molecule is C=C(C)c1ncc2cc(CN(C=O)C(=O)C3=C(C)C4CC4C=C3)n(CC(C)(C)C)c2n1. The summed E-state index contributed by atoms with van der Waals surface area (Å²) in [4.78, 5) is 35.5. The Morgan fingerprint density at radius 3 is 2.77 bits per heavy atom. The van der Waals surface area contributed by atoms with E-state index in [1.54, 1.807) is 6.20 Å². The molecule has 162 valence electrons. The molecule has 0 N–H and O–H groups in total. The maximum atomic E-state index is 13.2. The Kier molecular flexibility index (Phi) is 5.20. The van der Waals surface area contributed by atoms with Crippen LogP contribution in [0.15, 0.2) is 42.1 Å². The van der Waals surface area contributed by atoms with Gasteiger partial charge in [0.25, 0.3) is 5.91 Å². The number of hydrogen-bond acceptors (Lipinski definition) is 4. The lowest BCUT2D eigenvalue weighted by atomic mass is 9.96. The maximum Gasteiger partial charge on any atom is 0.260 e. The third-order valence-corrected chi connectivity index (χ3v) is 6.02. The van der Waals surface area contributed by atoms with Crippen molar-refractivity contribution < 1.29 is 9.59 Å². The number of rotatable bonds is 6. The van der Waals surface area contributed by atoms with E-state index in [1.807, 2.05) is 26.0 Å². The third-order valence-electron chi connectivity index (χ3n) is 6.02. The van der Waals surface area contributed by atoms with Crippen molar-refractivity contribution in [1.29, 1.82) is 0 Å². The second-order valence-electron chi connectivity index (χ2n) is 10.0. The highest BCUT2D eigenvalue weighted by Crippen LogP contribution is 2.49. The van der Waals surface area contributed by atoms with Crippen LogP contribution in [0.2, 0.25) is 0 Å². The molecule has 0 bridgehead atoms. The summed E-state index contributed by atoms with van der Waals surface area (Å²) < 4.78 is 2.10. The maximum absolute atomic E-state index is 13.2. The van der Waals surface area contributed by atoms with Gasteiger partial charge in [0.2, 0.25) is 6.41 Å². The molecule has 2 aliphatic carbocycles. The van der Waals surface area contributed by atoms with Gasteiger partial charge in [0.05, 0.1) is 6.54 Å². The van der Waals surface area contributed by atoms with E-state index in [2.05, 4.69) is 43.0 Å². The summed E-state index contributed by atoms with van der Waals surface area (Å²) >= 11 is 0. The Morgan fingerprint density at radius 1 is 1.39 bits per heavy atom. The Hall–Kier alpha value is -3.02. The smallest absolute Gasteiger partial charge is 0.260 e. The second-order valence-corrected chi connectivity index (χ2v) is 10.0. The monoisotopic (exact) mass is 418 g/mol. The molecule has 4 rings (SSSR count). The normalized spacial score (nSPS) is 20.0. The second kappa shape index (κ2) is 7.59. The molecule has 2 aromatic heterocycles. The van der Waals surface area contributed by atoms with E-state index in [0.29, 0.717) is 36.2 Å². The van der Waals surface area contributed by atoms with Gasteiger partial charge in [-0.25, -0.2) is 9.97 Å². The Morgan fingerprint density at radius 2 is 2.13 bits per heavy atom. The quantitative estimate of drug-likeness (QED) is 0.647. The number of nitrogens with zero attached hydrogens (tertiary/aromatic N) is 4. The topological polar surface area (TPSA) is 68.1 Å². The number of allylic oxidation sites excluding steroid dienone is 3. The first-order chi connectivity index (χ1) is 14.6. The number of hydrogen-bond donors (Lipinski definition) is 0. The average Bonchev–Trinajstić information content (AvgIpc) is 3.43. The van der Waals surface area contributed by atoms with Gasteiger partial charge in [-0.2, -0.15) is 0 Å². The highest BCUT2D eigenvalue weighted by atomic mass is 16.2. The van der Waals surface area contributed by atoms with Crippen LogP contribution in [0.4, 0.5) is 0 Å². The molecule has 6 heteroatoms. The predicted octanol–water partition coefficient (Wildman–Crippen LogP) is 4.52. The lowest BCUT2D eigenvalue weighted by Gasteiger charge is -2.24. The van der Waals surface area contributed by atoms with Crippen molar-refractivity contribution in [3.8, 4) is 0 Å². The summed E-state index contributed by atoms with van der Waals surface area (Å²) in [6, 6.07) is 1.97. The highest BCUT2D eigenvalue weighted by Gasteiger charge is 2.40. The number of amides is 2. The molecule has 0 aromatic carbocycles. The van der Waals surface area contributed by atoms with Crippen LogP contribution >= 0.6 is 0 Å². The zero-order valence-corrected chi connectivity index (χ0v) is 19.0. The van der Waals surface area contributed by atoms with Crippen molar-refractivity contribution in [2.75, 3.05) is 0 Å². The first-order valence-electron chi connectivity index (χ1n) is 10.8. The van der Waals surface area contributed by atoms with Gasteiger partial charge in [-0.05, 0) is 49.2 Å². The van der Waals surface area contributed by atoms with Crippen LogP contribution in [0.3, 0.4) is 0 Å². The molecule has 1 fully saturated rings. The fourth-order valence-electron chi connectivity index (χ4n) is 4.28. The molecule has 2 heterocycles. The van der Waals surface area contributed by atoms with Crippen molar-refractivity contribution in [1.82, 2.24) is 19.4 Å². The first kappa shape index (κ1) is 21.2. The summed E-state index contributed by atoms with van der Waals surface area (Å²) in [6.07, 6.45) is 7.51. The van der Waals surface area contributed by atoms with Gasteiger partial charge in [-0.3, -0.25) is 14.5 Å². The van der Waals surface area contributed by atoms with E-state index in [1.165, 1.54) is 4.90 Å². The van der Waals surface area contributed by atoms with Gasteiger partial charge < -0.3 is 4.57 Å². The van der Waals surface area contributed by atoms with Crippen LogP contribution in [-0.2, 0) is 22.7 Å². The van der Waals surface area contributed by atoms with Crippen molar-refractivity contribution in [2.45, 2.75) is 54.1 Å². The fourth-order valence-corrected chi connectivity index (χ4v) is 4.28. The van der Waals surface area contributed by atoms with E-state index >= 15 is 0 Å². The van der Waals surface area contributed by atoms with Crippen LogP contribution in [0.5, 0.6) is 0 Å². The van der Waals surface area contributed by atoms with Gasteiger partial charge in [0.1, 0.15) is 5.65 Å². The number of aromatic nitrogens is 3. The minimum Gasteiger partial charge on any atom is -0.327 e. The molecule has 0 spiro atoms. The molecule has 2 aromatic rings. The van der Waals surface area contributed by atoms with E-state index in [0.717, 1.165) is 34.3 Å². The number of carbonyl (C=O) groups is 2. The van der Waals surface area contributed by atoms with Gasteiger partial charge in [-0.15, -0.1) is 0 Å². The third kappa shape index (κ3) is 4.11. The lowest BCUT2D eigenvalue weighted by Crippen LogP contribution is -2.32. The van der Waals surface area contributed by atoms with Gasteiger partial charge in [0.15, 0.2) is 5.82 Å². The Bertz CT molecular complexity index is 1150. The standard InChI is InChI=1S/C25H30N4O2/c1-15(2)22-26-11-18-9-19(29(23(18)27-22)13-25(4,5)6)12-28(14-30)24(31)20-8-7-17-10-21(17)16(20)3/h7-9,11,14,17,21H,1,10,12-13H2,2-6H3. The van der Waals surface area contributed by atoms with Crippen molar-refractivity contribution >= 4 is 28.9 Å². The molecule has 31 heavy (non-hydrogen) atoms. The van der Waals surface area contributed by atoms with Crippen LogP contribution in [0.25, 0.3) is 16.6 Å².